The third kappa shape index (κ3) is 9.41. The Bertz CT molecular complexity index is 221. The molecule has 0 fully saturated rings. The molecule has 0 heterocycles. The molecule has 0 amide bonds. The van der Waals surface area contributed by atoms with Crippen LogP contribution in [0.5, 0.6) is 0 Å². The van der Waals surface area contributed by atoms with Crippen LogP contribution in [0.4, 0.5) is 0 Å². The number of aliphatic carboxylic acids is 2. The van der Waals surface area contributed by atoms with Crippen LogP contribution in [0.15, 0.2) is 0 Å². The molecule has 0 atom stereocenters. The van der Waals surface area contributed by atoms with E-state index in [4.69, 9.17) is 0 Å². The zero-order chi connectivity index (χ0) is 13.6. The van der Waals surface area contributed by atoms with Crippen LogP contribution in [-0.4, -0.2) is 35.0 Å². The summed E-state index contributed by atoms with van der Waals surface area (Å²) in [5.74, 6) is -1.94. The summed E-state index contributed by atoms with van der Waals surface area (Å²) in [6, 6.07) is 0. The van der Waals surface area contributed by atoms with Gasteiger partial charge in [0.1, 0.15) is 0 Å². The third-order valence-electron chi connectivity index (χ3n) is 2.87. The van der Waals surface area contributed by atoms with Crippen LogP contribution in [0.2, 0.25) is 0 Å². The molecule has 0 saturated carbocycles. The fourth-order valence-electron chi connectivity index (χ4n) is 0.289. The second kappa shape index (κ2) is 8.75. The number of rotatable bonds is 4. The Morgan fingerprint density at radius 2 is 1.00 bits per heavy atom. The van der Waals surface area contributed by atoms with Gasteiger partial charge in [0.05, 0.1) is 0 Å². The van der Waals surface area contributed by atoms with Gasteiger partial charge in [-0.3, -0.25) is 0 Å². The van der Waals surface area contributed by atoms with Crippen molar-refractivity contribution in [3.63, 3.8) is 0 Å². The fourth-order valence-corrected chi connectivity index (χ4v) is 0.289. The van der Waals surface area contributed by atoms with E-state index in [1.165, 1.54) is 0 Å². The molecular weight excluding hydrogens is 232 g/mol. The van der Waals surface area contributed by atoms with Crippen LogP contribution in [0.3, 0.4) is 0 Å². The van der Waals surface area contributed by atoms with Crippen LogP contribution in [0.25, 0.3) is 0 Å². The Morgan fingerprint density at radius 1 is 0.824 bits per heavy atom. The molecule has 17 heavy (non-hydrogen) atoms. The first-order valence-electron chi connectivity index (χ1n) is 5.44. The molecule has 0 aromatic carbocycles. The molecule has 4 nitrogen and oxygen atoms in total. The molecule has 0 unspecified atom stereocenters. The fraction of sp³-hybridized carbons (Fsp3) is 0.833. The predicted octanol–water partition coefficient (Wildman–Crippen LogP) is -0.0358. The van der Waals surface area contributed by atoms with Gasteiger partial charge in [-0.2, -0.15) is 0 Å². The summed E-state index contributed by atoms with van der Waals surface area (Å²) in [6.07, 6.45) is 1.24. The number of hydrogen-bond donors (Lipinski definition) is 0. The first kappa shape index (κ1) is 21.9. The molecule has 0 aromatic heterocycles. The average molecular weight is 255 g/mol. The maximum absolute atomic E-state index is 10.1. The van der Waals surface area contributed by atoms with Crippen molar-refractivity contribution >= 4 is 35.0 Å². The van der Waals surface area contributed by atoms with Gasteiger partial charge in [-0.15, -0.1) is 0 Å². The number of carbonyl (C=O) groups is 2. The van der Waals surface area contributed by atoms with E-state index in [0.29, 0.717) is 12.8 Å². The van der Waals surface area contributed by atoms with Crippen LogP contribution in [0, 0.1) is 10.8 Å². The van der Waals surface area contributed by atoms with Gasteiger partial charge in [0.2, 0.25) is 0 Å². The van der Waals surface area contributed by atoms with E-state index < -0.39 is 22.8 Å². The summed E-state index contributed by atoms with van der Waals surface area (Å²) < 4.78 is 0. The summed E-state index contributed by atoms with van der Waals surface area (Å²) in [4.78, 5) is 20.3. The molecule has 96 valence electrons. The molecule has 0 N–H and O–H groups in total. The van der Waals surface area contributed by atoms with E-state index in [9.17, 15) is 19.8 Å². The summed E-state index contributed by atoms with van der Waals surface area (Å²) >= 11 is 0. The number of hydrogen-bond acceptors (Lipinski definition) is 4. The minimum atomic E-state index is -0.972. The molecule has 0 rings (SSSR count). The van der Waals surface area contributed by atoms with Gasteiger partial charge in [-0.25, -0.2) is 0 Å². The van der Waals surface area contributed by atoms with Gasteiger partial charge >= 0.3 is 23.1 Å². The smallest absolute Gasteiger partial charge is 0.550 e. The Balaban J connectivity index is -0.000000218. The molecule has 0 saturated heterocycles. The van der Waals surface area contributed by atoms with Crippen molar-refractivity contribution in [3.8, 4) is 0 Å². The molecule has 0 aromatic rings. The SMILES string of the molecule is CCC(C)(C)C(=O)[O-].CCC(C)(C)C(=O)[O-].[Mg+2]. The first-order valence-corrected chi connectivity index (χ1v) is 5.44. The minimum Gasteiger partial charge on any atom is -0.550 e. The van der Waals surface area contributed by atoms with Crippen LogP contribution in [-0.2, 0) is 9.59 Å². The number of carbonyl (C=O) groups excluding carboxylic acids is 2. The summed E-state index contributed by atoms with van der Waals surface area (Å²) in [7, 11) is 0. The zero-order valence-corrected chi connectivity index (χ0v) is 13.2. The van der Waals surface area contributed by atoms with Crippen molar-refractivity contribution in [2.45, 2.75) is 54.4 Å². The molecular formula is C12H22MgO4. The number of carboxylic acid groups (broad SMARTS) is 2. The first-order chi connectivity index (χ1) is 7.01. The quantitative estimate of drug-likeness (QED) is 0.660. The van der Waals surface area contributed by atoms with E-state index in [-0.39, 0.29) is 23.1 Å². The third-order valence-corrected chi connectivity index (χ3v) is 2.87. The van der Waals surface area contributed by atoms with E-state index in [1.54, 1.807) is 27.7 Å². The maximum atomic E-state index is 10.1. The molecule has 0 radical (unpaired) electrons. The molecule has 0 bridgehead atoms. The predicted molar refractivity (Wildman–Crippen MR) is 63.9 cm³/mol. The molecule has 0 spiro atoms. The second-order valence-corrected chi connectivity index (χ2v) is 5.05. The van der Waals surface area contributed by atoms with E-state index >= 15 is 0 Å². The van der Waals surface area contributed by atoms with E-state index in [2.05, 4.69) is 0 Å². The number of carboxylic acids is 2. The van der Waals surface area contributed by atoms with Gasteiger partial charge in [0.25, 0.3) is 0 Å². The Labute approximate surface area is 120 Å². The standard InChI is InChI=1S/2C6H12O2.Mg/c2*1-4-6(2,3)5(7)8;/h2*4H2,1-3H3,(H,7,8);/q;;+2/p-2. The van der Waals surface area contributed by atoms with Gasteiger partial charge in [0.15, 0.2) is 0 Å². The van der Waals surface area contributed by atoms with Crippen molar-refractivity contribution < 1.29 is 19.8 Å². The molecule has 5 heteroatoms. The zero-order valence-electron chi connectivity index (χ0n) is 11.8. The topological polar surface area (TPSA) is 80.3 Å². The summed E-state index contributed by atoms with van der Waals surface area (Å²) in [5.41, 5.74) is -1.31. The second-order valence-electron chi connectivity index (χ2n) is 5.05. The Hall–Kier alpha value is -0.294. The van der Waals surface area contributed by atoms with E-state index in [0.717, 1.165) is 0 Å². The van der Waals surface area contributed by atoms with Crippen LogP contribution >= 0.6 is 0 Å². The average Bonchev–Trinajstić information content (AvgIpc) is 2.18. The molecule has 0 aliphatic rings. The maximum Gasteiger partial charge on any atom is 2.00 e. The van der Waals surface area contributed by atoms with Crippen molar-refractivity contribution in [2.24, 2.45) is 10.8 Å². The monoisotopic (exact) mass is 254 g/mol. The van der Waals surface area contributed by atoms with Gasteiger partial charge < -0.3 is 19.8 Å². The summed E-state index contributed by atoms with van der Waals surface area (Å²) in [6.45, 7) is 10.3. The van der Waals surface area contributed by atoms with Crippen molar-refractivity contribution in [2.75, 3.05) is 0 Å². The van der Waals surface area contributed by atoms with Crippen LogP contribution in [0.1, 0.15) is 54.4 Å². The normalized spacial score (nSPS) is 10.7. The molecule has 0 aliphatic heterocycles. The van der Waals surface area contributed by atoms with Crippen molar-refractivity contribution in [1.82, 2.24) is 0 Å². The van der Waals surface area contributed by atoms with Gasteiger partial charge in [-0.1, -0.05) is 41.5 Å². The van der Waals surface area contributed by atoms with E-state index in [1.807, 2.05) is 13.8 Å². The van der Waals surface area contributed by atoms with Crippen LogP contribution < -0.4 is 10.2 Å². The molecule has 0 aliphatic carbocycles. The summed E-state index contributed by atoms with van der Waals surface area (Å²) in [5, 5.41) is 20.3. The van der Waals surface area contributed by atoms with Crippen molar-refractivity contribution in [3.05, 3.63) is 0 Å². The Kier molecular flexibility index (Phi) is 11.3. The van der Waals surface area contributed by atoms with Crippen molar-refractivity contribution in [1.29, 1.82) is 0 Å². The minimum absolute atomic E-state index is 0. The largest absolute Gasteiger partial charge is 2.00 e. The van der Waals surface area contributed by atoms with Gasteiger partial charge in [-0.05, 0) is 12.8 Å². The van der Waals surface area contributed by atoms with Gasteiger partial charge in [0, 0.05) is 22.8 Å². The Morgan fingerprint density at radius 3 is 1.00 bits per heavy atom.